The van der Waals surface area contributed by atoms with Crippen molar-refractivity contribution in [2.75, 3.05) is 24.7 Å². The zero-order valence-electron chi connectivity index (χ0n) is 31.7. The van der Waals surface area contributed by atoms with Crippen LogP contribution in [-0.4, -0.2) is 73.7 Å². The van der Waals surface area contributed by atoms with E-state index in [2.05, 4.69) is 40.2 Å². The molecule has 2 fully saturated rings. The summed E-state index contributed by atoms with van der Waals surface area (Å²) in [4.78, 5) is 55.0. The smallest absolute Gasteiger partial charge is 0.407 e. The molecule has 2 aromatic carbocycles. The van der Waals surface area contributed by atoms with Crippen LogP contribution in [0.3, 0.4) is 0 Å². The van der Waals surface area contributed by atoms with Gasteiger partial charge in [-0.1, -0.05) is 19.6 Å². The first-order valence-electron chi connectivity index (χ1n) is 18.2. The molecule has 2 atom stereocenters. The van der Waals surface area contributed by atoms with Gasteiger partial charge in [-0.25, -0.2) is 24.5 Å². The second-order valence-electron chi connectivity index (χ2n) is 15.2. The van der Waals surface area contributed by atoms with Crippen molar-refractivity contribution >= 4 is 63.2 Å². The lowest BCUT2D eigenvalue weighted by molar-refractivity contribution is -0.117. The highest BCUT2D eigenvalue weighted by Gasteiger charge is 2.28. The molecule has 0 saturated heterocycles. The lowest BCUT2D eigenvalue weighted by atomic mass is 9.93. The number of nitrogens with one attached hydrogen (secondary N) is 3. The Morgan fingerprint density at radius 1 is 0.833 bits per heavy atom. The largest absolute Gasteiger partial charge is 0.444 e. The molecule has 0 spiro atoms. The van der Waals surface area contributed by atoms with Gasteiger partial charge in [0.15, 0.2) is 11.4 Å². The number of alkyl carbamates (subject to hydrolysis) is 1. The summed E-state index contributed by atoms with van der Waals surface area (Å²) in [6.07, 6.45) is 6.52. The summed E-state index contributed by atoms with van der Waals surface area (Å²) in [7, 11) is 3.93. The van der Waals surface area contributed by atoms with Crippen LogP contribution in [-0.2, 0) is 14.3 Å². The Balaban J connectivity index is 0.000000240. The summed E-state index contributed by atoms with van der Waals surface area (Å²) < 4.78 is 9.35. The third-order valence-corrected chi connectivity index (χ3v) is 9.60. The van der Waals surface area contributed by atoms with Crippen molar-refractivity contribution in [1.29, 1.82) is 0 Å². The third kappa shape index (κ3) is 10.1. The maximum absolute atomic E-state index is 12.6. The molecule has 0 radical (unpaired) electrons. The summed E-state index contributed by atoms with van der Waals surface area (Å²) in [5, 5.41) is 8.54. The topological polar surface area (TPSA) is 144 Å². The van der Waals surface area contributed by atoms with Gasteiger partial charge in [0.2, 0.25) is 23.7 Å². The van der Waals surface area contributed by atoms with Crippen molar-refractivity contribution in [2.24, 2.45) is 0 Å². The number of imidazole rings is 2. The van der Waals surface area contributed by atoms with Crippen LogP contribution in [0.1, 0.15) is 105 Å². The lowest BCUT2D eigenvalue weighted by Gasteiger charge is -2.29. The normalized spacial score (nSPS) is 15.3. The van der Waals surface area contributed by atoms with E-state index in [0.29, 0.717) is 35.7 Å². The fraction of sp³-hybridized carbons (Fsp3) is 0.525. The van der Waals surface area contributed by atoms with Gasteiger partial charge in [0.1, 0.15) is 5.60 Å². The van der Waals surface area contributed by atoms with E-state index in [1.54, 1.807) is 45.9 Å². The second-order valence-corrected chi connectivity index (χ2v) is 15.2. The highest BCUT2D eigenvalue weighted by molar-refractivity contribution is 5.93. The van der Waals surface area contributed by atoms with E-state index >= 15 is 0 Å². The molecular weight excluding hydrogens is 685 g/mol. The second kappa shape index (κ2) is 17.6. The standard InChI is InChI=1S/C21H27N5O3.C18H23N5O.CH4/c1-13(23-20(28)29-21(2,3)4)11-18(27)25-19-24-16-10-9-14(22-5)12-17(16)26(19)15-7-6-8-15;1-12(22(3)4)10-17(24)21-18-20-15-9-8-13(19-2)11-16(15)23(18)14-6-5-7-14;/h9-10,12-13,15H,6-8,11H2,1-4H3,(H,23,28)(H,24,25,27);8-9,11-12,14H,5-7,10H2,1,3-4H3,(H,20,21,24);1H4. The molecule has 0 aliphatic heterocycles. The van der Waals surface area contributed by atoms with Gasteiger partial charge in [-0.3, -0.25) is 20.2 Å². The number of rotatable bonds is 10. The first-order valence-corrected chi connectivity index (χ1v) is 18.2. The molecule has 6 rings (SSSR count). The monoisotopic (exact) mass is 738 g/mol. The van der Waals surface area contributed by atoms with Crippen molar-refractivity contribution in [2.45, 2.75) is 123 Å². The predicted molar refractivity (Wildman–Crippen MR) is 213 cm³/mol. The first-order chi connectivity index (χ1) is 25.1. The van der Waals surface area contributed by atoms with Crippen LogP contribution in [0.4, 0.5) is 28.1 Å². The number of aromatic nitrogens is 4. The molecule has 2 unspecified atom stereocenters. The molecule has 14 heteroatoms. The molecule has 54 heavy (non-hydrogen) atoms. The summed E-state index contributed by atoms with van der Waals surface area (Å²) >= 11 is 0. The molecule has 2 saturated carbocycles. The quantitative estimate of drug-likeness (QED) is 0.138. The molecule has 3 N–H and O–H groups in total. The number of benzene rings is 2. The van der Waals surface area contributed by atoms with E-state index < -0.39 is 11.7 Å². The van der Waals surface area contributed by atoms with E-state index in [9.17, 15) is 14.4 Å². The molecule has 2 aromatic heterocycles. The van der Waals surface area contributed by atoms with Crippen LogP contribution in [0, 0.1) is 13.1 Å². The molecule has 2 aliphatic carbocycles. The Morgan fingerprint density at radius 3 is 1.65 bits per heavy atom. The molecule has 2 aliphatic rings. The highest BCUT2D eigenvalue weighted by atomic mass is 16.6. The van der Waals surface area contributed by atoms with Crippen LogP contribution in [0.15, 0.2) is 36.4 Å². The first kappa shape index (κ1) is 41.3. The highest BCUT2D eigenvalue weighted by Crippen LogP contribution is 2.39. The Bertz CT molecular complexity index is 2050. The lowest BCUT2D eigenvalue weighted by Crippen LogP contribution is -2.39. The maximum Gasteiger partial charge on any atom is 0.407 e. The van der Waals surface area contributed by atoms with E-state index in [-0.39, 0.29) is 43.8 Å². The fourth-order valence-electron chi connectivity index (χ4n) is 6.15. The molecular formula is C40H54N10O4. The van der Waals surface area contributed by atoms with Gasteiger partial charge in [0.05, 0.1) is 35.2 Å². The number of carbonyl (C=O) groups is 3. The third-order valence-electron chi connectivity index (χ3n) is 9.60. The molecule has 14 nitrogen and oxygen atoms in total. The summed E-state index contributed by atoms with van der Waals surface area (Å²) in [6.45, 7) is 23.6. The number of anilines is 2. The van der Waals surface area contributed by atoms with Crippen LogP contribution < -0.4 is 16.0 Å². The number of fused-ring (bicyclic) bond motifs is 2. The number of amides is 3. The van der Waals surface area contributed by atoms with Crippen molar-refractivity contribution in [3.63, 3.8) is 0 Å². The molecule has 2 heterocycles. The average Bonchev–Trinajstić information content (AvgIpc) is 3.54. The van der Waals surface area contributed by atoms with E-state index in [4.69, 9.17) is 17.9 Å². The zero-order chi connectivity index (χ0) is 38.4. The number of hydrogen-bond acceptors (Lipinski definition) is 7. The van der Waals surface area contributed by atoms with Crippen LogP contribution in [0.25, 0.3) is 31.8 Å². The van der Waals surface area contributed by atoms with Gasteiger partial charge in [-0.2, -0.15) is 0 Å². The molecule has 3 amide bonds. The zero-order valence-corrected chi connectivity index (χ0v) is 31.7. The Hall–Kier alpha value is -5.47. The van der Waals surface area contributed by atoms with Gasteiger partial charge in [-0.05, 0) is 112 Å². The van der Waals surface area contributed by atoms with Crippen LogP contribution in [0.5, 0.6) is 0 Å². The predicted octanol–water partition coefficient (Wildman–Crippen LogP) is 8.78. The van der Waals surface area contributed by atoms with Crippen LogP contribution in [0.2, 0.25) is 0 Å². The number of hydrogen-bond donors (Lipinski definition) is 3. The molecule has 4 aromatic rings. The average molecular weight is 739 g/mol. The van der Waals surface area contributed by atoms with Crippen molar-refractivity contribution < 1.29 is 19.1 Å². The molecule has 0 bridgehead atoms. The SMILES string of the molecule is C.[C-]#[N+]c1ccc2nc(NC(=O)CC(C)N(C)C)n(C3CCC3)c2c1.[C-]#[N+]c1ccc2nc(NC(=O)CC(C)NC(=O)OC(C)(C)C)n(C3CCC3)c2c1. The summed E-state index contributed by atoms with van der Waals surface area (Å²) in [5.41, 5.74) is 3.92. The number of nitrogens with zero attached hydrogens (tertiary/aromatic N) is 7. The van der Waals surface area contributed by atoms with E-state index in [1.165, 1.54) is 6.42 Å². The summed E-state index contributed by atoms with van der Waals surface area (Å²) in [6, 6.07) is 11.3. The summed E-state index contributed by atoms with van der Waals surface area (Å²) in [5.74, 6) is 0.821. The van der Waals surface area contributed by atoms with Gasteiger partial charge in [-0.15, -0.1) is 0 Å². The molecule has 288 valence electrons. The number of ether oxygens (including phenoxy) is 1. The fourth-order valence-corrected chi connectivity index (χ4v) is 6.15. The van der Waals surface area contributed by atoms with Gasteiger partial charge in [0, 0.05) is 37.0 Å². The minimum absolute atomic E-state index is 0. The van der Waals surface area contributed by atoms with Gasteiger partial charge < -0.3 is 24.1 Å². The Morgan fingerprint density at radius 2 is 1.28 bits per heavy atom. The van der Waals surface area contributed by atoms with Crippen molar-refractivity contribution in [1.82, 2.24) is 29.3 Å². The van der Waals surface area contributed by atoms with Gasteiger partial charge in [0.25, 0.3) is 0 Å². The Labute approximate surface area is 318 Å². The van der Waals surface area contributed by atoms with Crippen molar-refractivity contribution in [3.05, 3.63) is 59.2 Å². The Kier molecular flexibility index (Phi) is 13.4. The van der Waals surface area contributed by atoms with Crippen molar-refractivity contribution in [3.8, 4) is 0 Å². The minimum atomic E-state index is -0.593. The maximum atomic E-state index is 12.6. The minimum Gasteiger partial charge on any atom is -0.444 e. The van der Waals surface area contributed by atoms with Crippen LogP contribution >= 0.6 is 0 Å². The number of carbonyl (C=O) groups excluding carboxylic acids is 3. The van der Waals surface area contributed by atoms with E-state index in [0.717, 1.165) is 54.2 Å². The van der Waals surface area contributed by atoms with E-state index in [1.807, 2.05) is 48.7 Å². The van der Waals surface area contributed by atoms with Gasteiger partial charge >= 0.3 is 6.09 Å².